The molecule has 1 aromatic carbocycles. The molecule has 0 aliphatic carbocycles. The molecule has 6 nitrogen and oxygen atoms in total. The van der Waals surface area contributed by atoms with Gasteiger partial charge in [0.05, 0.1) is 23.3 Å². The molecule has 0 fully saturated rings. The monoisotopic (exact) mass is 418 g/mol. The van der Waals surface area contributed by atoms with Crippen molar-refractivity contribution in [1.82, 2.24) is 15.5 Å². The Bertz CT molecular complexity index is 618. The van der Waals surface area contributed by atoms with E-state index >= 15 is 0 Å². The molecule has 2 N–H and O–H groups in total. The number of aromatic nitrogens is 2. The maximum absolute atomic E-state index is 5.59. The summed E-state index contributed by atoms with van der Waals surface area (Å²) >= 11 is 6.90. The van der Waals surface area contributed by atoms with E-state index in [1.807, 2.05) is 26.0 Å². The fourth-order valence-electron chi connectivity index (χ4n) is 1.75. The summed E-state index contributed by atoms with van der Waals surface area (Å²) in [5, 5.41) is 14.3. The predicted octanol–water partition coefficient (Wildman–Crippen LogP) is 4.02. The minimum absolute atomic E-state index is 0.0148. The van der Waals surface area contributed by atoms with E-state index in [0.29, 0.717) is 17.7 Å². The van der Waals surface area contributed by atoms with Gasteiger partial charge in [0.25, 0.3) is 0 Å². The first-order valence-electron chi connectivity index (χ1n) is 6.42. The van der Waals surface area contributed by atoms with Crippen LogP contribution < -0.4 is 15.4 Å². The highest BCUT2D eigenvalue weighted by molar-refractivity contribution is 9.11. The molecule has 2 aromatic rings. The Balaban J connectivity index is 2.19. The Morgan fingerprint density at radius 3 is 2.71 bits per heavy atom. The van der Waals surface area contributed by atoms with Gasteiger partial charge in [0.1, 0.15) is 5.75 Å². The molecule has 0 amide bonds. The van der Waals surface area contributed by atoms with Crippen LogP contribution in [0.5, 0.6) is 5.75 Å². The van der Waals surface area contributed by atoms with Crippen molar-refractivity contribution in [2.45, 2.75) is 19.9 Å². The summed E-state index contributed by atoms with van der Waals surface area (Å²) in [4.78, 5) is 0. The van der Waals surface area contributed by atoms with Gasteiger partial charge in [-0.25, -0.2) is 0 Å². The van der Waals surface area contributed by atoms with Crippen molar-refractivity contribution < 1.29 is 9.15 Å². The molecule has 2 rings (SSSR count). The van der Waals surface area contributed by atoms with E-state index < -0.39 is 0 Å². The number of halogens is 2. The van der Waals surface area contributed by atoms with Crippen LogP contribution in [0.1, 0.15) is 25.8 Å². The smallest absolute Gasteiger partial charge is 0.320 e. The van der Waals surface area contributed by atoms with E-state index in [1.54, 1.807) is 7.11 Å². The highest BCUT2D eigenvalue weighted by Gasteiger charge is 2.14. The maximum Gasteiger partial charge on any atom is 0.320 e. The molecule has 0 aliphatic heterocycles. The molecule has 0 saturated heterocycles. The normalized spacial score (nSPS) is 12.2. The first kappa shape index (κ1) is 16.3. The van der Waals surface area contributed by atoms with Gasteiger partial charge in [0.15, 0.2) is 0 Å². The summed E-state index contributed by atoms with van der Waals surface area (Å²) < 4.78 is 12.6. The van der Waals surface area contributed by atoms with Crippen LogP contribution in [-0.2, 0) is 0 Å². The number of nitrogens with one attached hydrogen (secondary N) is 2. The summed E-state index contributed by atoms with van der Waals surface area (Å²) in [7, 11) is 1.61. The van der Waals surface area contributed by atoms with Gasteiger partial charge in [-0.2, -0.15) is 0 Å². The van der Waals surface area contributed by atoms with Crippen LogP contribution in [0.2, 0.25) is 0 Å². The van der Waals surface area contributed by atoms with E-state index in [9.17, 15) is 0 Å². The number of rotatable bonds is 6. The first-order valence-corrected chi connectivity index (χ1v) is 8.00. The van der Waals surface area contributed by atoms with E-state index in [1.165, 1.54) is 0 Å². The third kappa shape index (κ3) is 3.96. The summed E-state index contributed by atoms with van der Waals surface area (Å²) in [5.74, 6) is 1.25. The molecule has 0 aliphatic rings. The minimum Gasteiger partial charge on any atom is -0.495 e. The minimum atomic E-state index is 0.0148. The van der Waals surface area contributed by atoms with Gasteiger partial charge in [-0.1, -0.05) is 12.0 Å². The van der Waals surface area contributed by atoms with Crippen LogP contribution in [0.4, 0.5) is 11.7 Å². The number of nitrogens with zero attached hydrogens (tertiary/aromatic N) is 2. The van der Waals surface area contributed by atoms with Crippen molar-refractivity contribution in [1.29, 1.82) is 0 Å². The molecule has 0 bridgehead atoms. The zero-order chi connectivity index (χ0) is 15.4. The fourth-order valence-corrected chi connectivity index (χ4v) is 3.01. The third-order valence-electron chi connectivity index (χ3n) is 2.80. The van der Waals surface area contributed by atoms with Crippen molar-refractivity contribution in [2.24, 2.45) is 0 Å². The number of hydrogen-bond donors (Lipinski definition) is 2. The van der Waals surface area contributed by atoms with Crippen LogP contribution in [0, 0.1) is 0 Å². The van der Waals surface area contributed by atoms with Crippen LogP contribution in [0.3, 0.4) is 0 Å². The van der Waals surface area contributed by atoms with Crippen molar-refractivity contribution in [3.63, 3.8) is 0 Å². The predicted molar refractivity (Wildman–Crippen MR) is 88.1 cm³/mol. The van der Waals surface area contributed by atoms with Gasteiger partial charge < -0.3 is 19.8 Å². The average Bonchev–Trinajstić information content (AvgIpc) is 2.91. The molecule has 21 heavy (non-hydrogen) atoms. The van der Waals surface area contributed by atoms with Gasteiger partial charge in [-0.15, -0.1) is 5.10 Å². The second-order valence-electron chi connectivity index (χ2n) is 4.32. The van der Waals surface area contributed by atoms with Crippen molar-refractivity contribution >= 4 is 43.6 Å². The largest absolute Gasteiger partial charge is 0.495 e. The molecule has 0 radical (unpaired) electrons. The first-order chi connectivity index (χ1) is 10.0. The van der Waals surface area contributed by atoms with E-state index in [-0.39, 0.29) is 6.04 Å². The number of ether oxygens (including phenoxy) is 1. The summed E-state index contributed by atoms with van der Waals surface area (Å²) in [6.07, 6.45) is 0. The number of anilines is 2. The standard InChI is InChI=1S/C13H16Br2N4O2/c1-4-16-7(2)12-18-19-13(21-12)17-10-6-11(20-3)9(15)5-8(10)14/h5-7,16H,4H2,1-3H3,(H,17,19). The number of benzene rings is 1. The lowest BCUT2D eigenvalue weighted by molar-refractivity contribution is 0.412. The van der Waals surface area contributed by atoms with Crippen LogP contribution in [-0.4, -0.2) is 23.9 Å². The summed E-state index contributed by atoms with van der Waals surface area (Å²) in [6.45, 7) is 4.83. The second kappa shape index (κ2) is 7.24. The fraction of sp³-hybridized carbons (Fsp3) is 0.385. The average molecular weight is 420 g/mol. The molecular formula is C13H16Br2N4O2. The number of methoxy groups -OCH3 is 1. The third-order valence-corrected chi connectivity index (χ3v) is 4.08. The molecule has 1 unspecified atom stereocenters. The van der Waals surface area contributed by atoms with Gasteiger partial charge in [-0.3, -0.25) is 0 Å². The quantitative estimate of drug-likeness (QED) is 0.736. The lowest BCUT2D eigenvalue weighted by atomic mass is 10.3. The van der Waals surface area contributed by atoms with Crippen LogP contribution in [0.25, 0.3) is 0 Å². The number of hydrogen-bond acceptors (Lipinski definition) is 6. The molecular weight excluding hydrogens is 404 g/mol. The van der Waals surface area contributed by atoms with Gasteiger partial charge >= 0.3 is 6.01 Å². The zero-order valence-corrected chi connectivity index (χ0v) is 15.1. The Labute approximate surface area is 139 Å². The van der Waals surface area contributed by atoms with Gasteiger partial charge in [0.2, 0.25) is 5.89 Å². The van der Waals surface area contributed by atoms with E-state index in [0.717, 1.165) is 21.2 Å². The summed E-state index contributed by atoms with van der Waals surface area (Å²) in [5.41, 5.74) is 0.779. The van der Waals surface area contributed by atoms with E-state index in [2.05, 4.69) is 52.7 Å². The van der Waals surface area contributed by atoms with Crippen molar-refractivity contribution in [3.05, 3.63) is 27.0 Å². The van der Waals surface area contributed by atoms with Gasteiger partial charge in [-0.05, 0) is 51.4 Å². The van der Waals surface area contributed by atoms with Crippen molar-refractivity contribution in [2.75, 3.05) is 19.0 Å². The Kier molecular flexibility index (Phi) is 5.60. The van der Waals surface area contributed by atoms with Crippen LogP contribution in [0.15, 0.2) is 25.5 Å². The maximum atomic E-state index is 5.59. The Morgan fingerprint density at radius 2 is 2.05 bits per heavy atom. The van der Waals surface area contributed by atoms with E-state index in [4.69, 9.17) is 9.15 Å². The molecule has 114 valence electrons. The topological polar surface area (TPSA) is 72.2 Å². The molecule has 1 heterocycles. The lowest BCUT2D eigenvalue weighted by Gasteiger charge is -2.09. The highest BCUT2D eigenvalue weighted by atomic mass is 79.9. The second-order valence-corrected chi connectivity index (χ2v) is 6.03. The molecule has 8 heteroatoms. The Morgan fingerprint density at radius 1 is 1.29 bits per heavy atom. The van der Waals surface area contributed by atoms with Crippen molar-refractivity contribution in [3.8, 4) is 5.75 Å². The molecule has 1 aromatic heterocycles. The molecule has 0 saturated carbocycles. The summed E-state index contributed by atoms with van der Waals surface area (Å²) in [6, 6.07) is 4.08. The molecule has 1 atom stereocenters. The zero-order valence-electron chi connectivity index (χ0n) is 11.9. The van der Waals surface area contributed by atoms with Crippen LogP contribution >= 0.6 is 31.9 Å². The Hall–Kier alpha value is -1.12. The SMILES string of the molecule is CCNC(C)c1nnc(Nc2cc(OC)c(Br)cc2Br)o1. The highest BCUT2D eigenvalue weighted by Crippen LogP contribution is 2.35. The van der Waals surface area contributed by atoms with Gasteiger partial charge in [0, 0.05) is 10.5 Å². The molecule has 0 spiro atoms. The lowest BCUT2D eigenvalue weighted by Crippen LogP contribution is -2.17.